The predicted molar refractivity (Wildman–Crippen MR) is 127 cm³/mol. The number of benzene rings is 3. The average Bonchev–Trinajstić information content (AvgIpc) is 3.52. The molecule has 5 aromatic rings. The summed E-state index contributed by atoms with van der Waals surface area (Å²) in [6.45, 7) is 1.03. The maximum Gasteiger partial charge on any atom is 0.272 e. The van der Waals surface area contributed by atoms with Gasteiger partial charge in [0, 0.05) is 23.4 Å². The summed E-state index contributed by atoms with van der Waals surface area (Å²) in [5, 5.41) is 12.9. The van der Waals surface area contributed by atoms with Crippen molar-refractivity contribution in [2.75, 3.05) is 13.2 Å². The molecule has 34 heavy (non-hydrogen) atoms. The molecule has 0 saturated heterocycles. The highest BCUT2D eigenvalue weighted by molar-refractivity contribution is 5.98. The zero-order valence-electron chi connectivity index (χ0n) is 18.0. The molecule has 0 fully saturated rings. The van der Waals surface area contributed by atoms with Crippen LogP contribution in [0.4, 0.5) is 0 Å². The first-order chi connectivity index (χ1) is 16.8. The summed E-state index contributed by atoms with van der Waals surface area (Å²) in [5.41, 5.74) is 4.58. The van der Waals surface area contributed by atoms with Gasteiger partial charge in [0.05, 0.1) is 11.2 Å². The zero-order chi connectivity index (χ0) is 22.9. The quantitative estimate of drug-likeness (QED) is 0.378. The van der Waals surface area contributed by atoms with Crippen LogP contribution in [0.2, 0.25) is 0 Å². The summed E-state index contributed by atoms with van der Waals surface area (Å²) < 4.78 is 14.5. The fourth-order valence-electron chi connectivity index (χ4n) is 3.90. The van der Waals surface area contributed by atoms with E-state index in [0.717, 1.165) is 16.8 Å². The van der Waals surface area contributed by atoms with E-state index >= 15 is 0 Å². The molecule has 3 heterocycles. The summed E-state index contributed by atoms with van der Waals surface area (Å²) in [6.07, 6.45) is 5.12. The Kier molecular flexibility index (Phi) is 4.88. The molecule has 3 aromatic carbocycles. The zero-order valence-corrected chi connectivity index (χ0v) is 18.0. The third-order valence-electron chi connectivity index (χ3n) is 5.54. The number of fused-ring (bicyclic) bond motifs is 2. The van der Waals surface area contributed by atoms with Gasteiger partial charge >= 0.3 is 0 Å². The Balaban J connectivity index is 1.40. The molecule has 1 aliphatic rings. The lowest BCUT2D eigenvalue weighted by molar-refractivity contribution is 0.0958. The Hall–Kier alpha value is -4.72. The van der Waals surface area contributed by atoms with E-state index in [1.807, 2.05) is 79.0 Å². The van der Waals surface area contributed by atoms with Gasteiger partial charge in [-0.05, 0) is 48.5 Å². The Morgan fingerprint density at radius 3 is 2.59 bits per heavy atom. The molecule has 0 saturated carbocycles. The van der Waals surface area contributed by atoms with Gasteiger partial charge in [0.15, 0.2) is 11.5 Å². The van der Waals surface area contributed by atoms with Gasteiger partial charge < -0.3 is 9.47 Å². The number of aromatic nitrogens is 5. The van der Waals surface area contributed by atoms with Crippen molar-refractivity contribution in [2.45, 2.75) is 0 Å². The number of nitrogens with zero attached hydrogens (tertiary/aromatic N) is 5. The van der Waals surface area contributed by atoms with E-state index in [1.54, 1.807) is 10.8 Å². The van der Waals surface area contributed by atoms with Gasteiger partial charge in [0.25, 0.3) is 5.91 Å². The van der Waals surface area contributed by atoms with Gasteiger partial charge in [0.1, 0.15) is 24.4 Å². The Bertz CT molecular complexity index is 1530. The molecule has 0 bridgehead atoms. The minimum absolute atomic E-state index is 0.297. The third-order valence-corrected chi connectivity index (χ3v) is 5.54. The molecule has 2 aromatic heterocycles. The topological polar surface area (TPSA) is 84.1 Å². The van der Waals surface area contributed by atoms with Crippen molar-refractivity contribution in [2.24, 2.45) is 0 Å². The lowest BCUT2D eigenvalue weighted by Crippen LogP contribution is -2.15. The van der Waals surface area contributed by atoms with E-state index in [2.05, 4.69) is 10.3 Å². The maximum absolute atomic E-state index is 12.9. The van der Waals surface area contributed by atoms with Crippen LogP contribution in [0.5, 0.6) is 11.5 Å². The van der Waals surface area contributed by atoms with Gasteiger partial charge in [-0.15, -0.1) is 5.10 Å². The van der Waals surface area contributed by atoms with Gasteiger partial charge in [-0.25, -0.2) is 4.68 Å². The number of carbonyl (C=O) groups is 1. The first-order valence-corrected chi connectivity index (χ1v) is 10.8. The predicted octanol–water partition coefficient (Wildman–Crippen LogP) is 4.41. The first-order valence-electron chi connectivity index (χ1n) is 10.8. The van der Waals surface area contributed by atoms with Gasteiger partial charge in [-0.2, -0.15) is 9.78 Å². The van der Waals surface area contributed by atoms with Crippen LogP contribution < -0.4 is 9.47 Å². The lowest BCUT2D eigenvalue weighted by atomic mass is 10.1. The molecule has 6 rings (SSSR count). The fraction of sp³-hybridized carbons (Fsp3) is 0.0769. The molecule has 1 aliphatic heterocycles. The van der Waals surface area contributed by atoms with Crippen LogP contribution in [0.15, 0.2) is 85.1 Å². The lowest BCUT2D eigenvalue weighted by Gasteiger charge is -2.18. The molecule has 8 heteroatoms. The van der Waals surface area contributed by atoms with Crippen LogP contribution in [0, 0.1) is 0 Å². The molecule has 0 N–H and O–H groups in total. The SMILES string of the molecule is O=C(/C=C\c1cn(-c2ccccc2)nc1-c1ccc2c(c1)OCCO2)n1nnc2ccccc21. The molecule has 8 nitrogen and oxygen atoms in total. The van der Waals surface area contributed by atoms with E-state index in [0.29, 0.717) is 41.4 Å². The first kappa shape index (κ1) is 19.9. The molecule has 0 atom stereocenters. The Labute approximate surface area is 194 Å². The normalized spacial score (nSPS) is 12.9. The highest BCUT2D eigenvalue weighted by Crippen LogP contribution is 2.35. The summed E-state index contributed by atoms with van der Waals surface area (Å²) in [4.78, 5) is 12.9. The van der Waals surface area contributed by atoms with Gasteiger partial charge in [-0.3, -0.25) is 4.79 Å². The van der Waals surface area contributed by atoms with Crippen LogP contribution in [0.1, 0.15) is 10.4 Å². The van der Waals surface area contributed by atoms with Crippen molar-refractivity contribution in [1.82, 2.24) is 24.8 Å². The maximum atomic E-state index is 12.9. The van der Waals surface area contributed by atoms with Gasteiger partial charge in [-0.1, -0.05) is 35.5 Å². The molecule has 0 spiro atoms. The minimum atomic E-state index is -0.297. The second kappa shape index (κ2) is 8.32. The monoisotopic (exact) mass is 449 g/mol. The molecule has 166 valence electrons. The summed E-state index contributed by atoms with van der Waals surface area (Å²) >= 11 is 0. The Morgan fingerprint density at radius 1 is 0.912 bits per heavy atom. The fourth-order valence-corrected chi connectivity index (χ4v) is 3.90. The second-order valence-electron chi connectivity index (χ2n) is 7.73. The summed E-state index contributed by atoms with van der Waals surface area (Å²) in [6, 6.07) is 22.9. The number of hydrogen-bond donors (Lipinski definition) is 0. The number of ether oxygens (including phenoxy) is 2. The van der Waals surface area contributed by atoms with Crippen molar-refractivity contribution >= 4 is 23.0 Å². The number of para-hydroxylation sites is 2. The van der Waals surface area contributed by atoms with Crippen molar-refractivity contribution in [1.29, 1.82) is 0 Å². The molecule has 0 aliphatic carbocycles. The largest absolute Gasteiger partial charge is 0.486 e. The van der Waals surface area contributed by atoms with Crippen LogP contribution in [-0.2, 0) is 0 Å². The highest BCUT2D eigenvalue weighted by Gasteiger charge is 2.17. The molecule has 0 unspecified atom stereocenters. The van der Waals surface area contributed by atoms with E-state index in [4.69, 9.17) is 14.6 Å². The van der Waals surface area contributed by atoms with E-state index in [9.17, 15) is 4.79 Å². The number of hydrogen-bond acceptors (Lipinski definition) is 6. The van der Waals surface area contributed by atoms with Crippen LogP contribution in [-0.4, -0.2) is 43.9 Å². The molecule has 0 amide bonds. The second-order valence-corrected chi connectivity index (χ2v) is 7.73. The number of carbonyl (C=O) groups excluding carboxylic acids is 1. The smallest absolute Gasteiger partial charge is 0.272 e. The number of rotatable bonds is 4. The Morgan fingerprint density at radius 2 is 1.71 bits per heavy atom. The summed E-state index contributed by atoms with van der Waals surface area (Å²) in [7, 11) is 0. The highest BCUT2D eigenvalue weighted by atomic mass is 16.6. The third kappa shape index (κ3) is 3.61. The van der Waals surface area contributed by atoms with Crippen LogP contribution in [0.3, 0.4) is 0 Å². The average molecular weight is 449 g/mol. The van der Waals surface area contributed by atoms with Crippen molar-refractivity contribution in [3.8, 4) is 28.4 Å². The van der Waals surface area contributed by atoms with E-state index in [-0.39, 0.29) is 5.91 Å². The summed E-state index contributed by atoms with van der Waals surface area (Å²) in [5.74, 6) is 1.09. The van der Waals surface area contributed by atoms with Crippen molar-refractivity contribution in [3.05, 3.63) is 90.6 Å². The van der Waals surface area contributed by atoms with E-state index < -0.39 is 0 Å². The van der Waals surface area contributed by atoms with Gasteiger partial charge in [0.2, 0.25) is 0 Å². The van der Waals surface area contributed by atoms with Crippen molar-refractivity contribution < 1.29 is 14.3 Å². The van der Waals surface area contributed by atoms with Crippen LogP contribution >= 0.6 is 0 Å². The number of allylic oxidation sites excluding steroid dienone is 1. The molecular formula is C26H19N5O3. The van der Waals surface area contributed by atoms with Crippen molar-refractivity contribution in [3.63, 3.8) is 0 Å². The molecular weight excluding hydrogens is 430 g/mol. The van der Waals surface area contributed by atoms with E-state index in [1.165, 1.54) is 10.8 Å². The van der Waals surface area contributed by atoms with Crippen LogP contribution in [0.25, 0.3) is 34.1 Å². The molecule has 0 radical (unpaired) electrons. The minimum Gasteiger partial charge on any atom is -0.486 e. The standard InChI is InChI=1S/C26H19N5O3/c32-25(31-22-9-5-4-8-21(22)27-29-31)13-11-19-17-30(20-6-2-1-3-7-20)28-26(19)18-10-12-23-24(16-18)34-15-14-33-23/h1-13,16-17H,14-15H2/b13-11-.